The van der Waals surface area contributed by atoms with Crippen molar-refractivity contribution < 1.29 is 14.6 Å². The molecule has 0 spiro atoms. The van der Waals surface area contributed by atoms with E-state index >= 15 is 0 Å². The van der Waals surface area contributed by atoms with Gasteiger partial charge in [-0.2, -0.15) is 0 Å². The van der Waals surface area contributed by atoms with Crippen LogP contribution in [0.1, 0.15) is 12.8 Å². The van der Waals surface area contributed by atoms with E-state index < -0.39 is 12.1 Å². The molecule has 88 valence electrons. The van der Waals surface area contributed by atoms with Crippen molar-refractivity contribution in [1.82, 2.24) is 0 Å². The summed E-state index contributed by atoms with van der Waals surface area (Å²) in [5.41, 5.74) is 5.32. The molecule has 0 aromatic heterocycles. The summed E-state index contributed by atoms with van der Waals surface area (Å²) in [5.74, 6) is -0.489. The van der Waals surface area contributed by atoms with Gasteiger partial charge in [-0.3, -0.25) is 0 Å². The maximum atomic E-state index is 10.9. The van der Waals surface area contributed by atoms with Gasteiger partial charge in [-0.15, -0.1) is 0 Å². The van der Waals surface area contributed by atoms with E-state index in [0.717, 1.165) is 0 Å². The lowest BCUT2D eigenvalue weighted by atomic mass is 10.2. The Balaban J connectivity index is 2.60. The van der Waals surface area contributed by atoms with Crippen molar-refractivity contribution in [2.24, 2.45) is 5.73 Å². The van der Waals surface area contributed by atoms with E-state index in [4.69, 9.17) is 27.2 Å². The second-order valence-electron chi connectivity index (χ2n) is 3.33. The van der Waals surface area contributed by atoms with Gasteiger partial charge in [-0.1, -0.05) is 11.6 Å². The number of hydrogen-bond donors (Lipinski definition) is 2. The highest BCUT2D eigenvalue weighted by atomic mass is 35.5. The van der Waals surface area contributed by atoms with E-state index in [1.54, 1.807) is 24.3 Å². The Bertz CT molecular complexity index is 340. The van der Waals surface area contributed by atoms with Crippen LogP contribution in [0.25, 0.3) is 0 Å². The van der Waals surface area contributed by atoms with E-state index in [1.807, 2.05) is 0 Å². The SMILES string of the molecule is NCCCC(Oc1ccc(Cl)cc1)C(=O)O. The molecule has 0 radical (unpaired) electrons. The van der Waals surface area contributed by atoms with Crippen LogP contribution in [0.4, 0.5) is 0 Å². The molecule has 5 heteroatoms. The fraction of sp³-hybridized carbons (Fsp3) is 0.364. The largest absolute Gasteiger partial charge is 0.479 e. The monoisotopic (exact) mass is 243 g/mol. The minimum atomic E-state index is -0.983. The fourth-order valence-corrected chi connectivity index (χ4v) is 1.34. The highest BCUT2D eigenvalue weighted by Gasteiger charge is 2.18. The molecule has 4 nitrogen and oxygen atoms in total. The Morgan fingerprint density at radius 2 is 2.06 bits per heavy atom. The molecule has 1 rings (SSSR count). The van der Waals surface area contributed by atoms with Gasteiger partial charge in [0, 0.05) is 5.02 Å². The predicted octanol–water partition coefficient (Wildman–Crippen LogP) is 1.91. The maximum Gasteiger partial charge on any atom is 0.344 e. The second kappa shape index (κ2) is 6.35. The summed E-state index contributed by atoms with van der Waals surface area (Å²) in [5, 5.41) is 9.51. The Morgan fingerprint density at radius 3 is 2.56 bits per heavy atom. The van der Waals surface area contributed by atoms with Crippen molar-refractivity contribution in [3.8, 4) is 5.75 Å². The zero-order chi connectivity index (χ0) is 12.0. The first-order valence-electron chi connectivity index (χ1n) is 4.98. The highest BCUT2D eigenvalue weighted by molar-refractivity contribution is 6.30. The van der Waals surface area contributed by atoms with Crippen LogP contribution in [0.3, 0.4) is 0 Å². The first-order chi connectivity index (χ1) is 7.63. The number of carboxylic acid groups (broad SMARTS) is 1. The van der Waals surface area contributed by atoms with E-state index in [1.165, 1.54) is 0 Å². The molecule has 1 unspecified atom stereocenters. The second-order valence-corrected chi connectivity index (χ2v) is 3.77. The molecule has 3 N–H and O–H groups in total. The molecule has 0 saturated heterocycles. The summed E-state index contributed by atoms with van der Waals surface area (Å²) in [4.78, 5) is 10.9. The van der Waals surface area contributed by atoms with Crippen LogP contribution < -0.4 is 10.5 Å². The number of nitrogens with two attached hydrogens (primary N) is 1. The van der Waals surface area contributed by atoms with Crippen molar-refractivity contribution in [3.05, 3.63) is 29.3 Å². The molecule has 0 aliphatic heterocycles. The lowest BCUT2D eigenvalue weighted by molar-refractivity contribution is -0.145. The van der Waals surface area contributed by atoms with Crippen molar-refractivity contribution in [1.29, 1.82) is 0 Å². The van der Waals surface area contributed by atoms with Crippen molar-refractivity contribution in [2.45, 2.75) is 18.9 Å². The third-order valence-corrected chi connectivity index (χ3v) is 2.29. The van der Waals surface area contributed by atoms with E-state index in [0.29, 0.717) is 30.2 Å². The van der Waals surface area contributed by atoms with Crippen LogP contribution in [0.2, 0.25) is 5.02 Å². The van der Waals surface area contributed by atoms with Gasteiger partial charge in [0.25, 0.3) is 0 Å². The van der Waals surface area contributed by atoms with Gasteiger partial charge >= 0.3 is 5.97 Å². The molecule has 1 aromatic carbocycles. The van der Waals surface area contributed by atoms with Crippen LogP contribution >= 0.6 is 11.6 Å². The number of hydrogen-bond acceptors (Lipinski definition) is 3. The van der Waals surface area contributed by atoms with Crippen molar-refractivity contribution >= 4 is 17.6 Å². The molecular weight excluding hydrogens is 230 g/mol. The number of rotatable bonds is 6. The van der Waals surface area contributed by atoms with Crippen LogP contribution in [0, 0.1) is 0 Å². The number of ether oxygens (including phenoxy) is 1. The van der Waals surface area contributed by atoms with Gasteiger partial charge in [-0.05, 0) is 43.7 Å². The smallest absolute Gasteiger partial charge is 0.344 e. The fourth-order valence-electron chi connectivity index (χ4n) is 1.21. The maximum absolute atomic E-state index is 10.9. The lowest BCUT2D eigenvalue weighted by Crippen LogP contribution is -2.27. The summed E-state index contributed by atoms with van der Waals surface area (Å²) in [6.45, 7) is 0.452. The zero-order valence-electron chi connectivity index (χ0n) is 8.73. The average molecular weight is 244 g/mol. The Hall–Kier alpha value is -1.26. The third-order valence-electron chi connectivity index (χ3n) is 2.04. The molecule has 0 heterocycles. The number of aliphatic carboxylic acids is 1. The summed E-state index contributed by atoms with van der Waals surface area (Å²) in [7, 11) is 0. The number of carboxylic acids is 1. The van der Waals surface area contributed by atoms with Crippen LogP contribution in [0.5, 0.6) is 5.75 Å². The highest BCUT2D eigenvalue weighted by Crippen LogP contribution is 2.18. The number of halogens is 1. The Morgan fingerprint density at radius 1 is 1.44 bits per heavy atom. The quantitative estimate of drug-likeness (QED) is 0.801. The minimum absolute atomic E-state index is 0.397. The lowest BCUT2D eigenvalue weighted by Gasteiger charge is -2.14. The minimum Gasteiger partial charge on any atom is -0.479 e. The number of carbonyl (C=O) groups is 1. The van der Waals surface area contributed by atoms with Gasteiger partial charge < -0.3 is 15.6 Å². The molecule has 16 heavy (non-hydrogen) atoms. The standard InChI is InChI=1S/C11H14ClNO3/c12-8-3-5-9(6-4-8)16-10(11(14)15)2-1-7-13/h3-6,10H,1-2,7,13H2,(H,14,15). The van der Waals surface area contributed by atoms with Crippen LogP contribution in [-0.2, 0) is 4.79 Å². The van der Waals surface area contributed by atoms with E-state index in [9.17, 15) is 4.79 Å². The van der Waals surface area contributed by atoms with E-state index in [2.05, 4.69) is 0 Å². The van der Waals surface area contributed by atoms with Crippen molar-refractivity contribution in [2.75, 3.05) is 6.54 Å². The Labute approximate surface area is 99.0 Å². The molecule has 1 atom stereocenters. The predicted molar refractivity (Wildman–Crippen MR) is 61.8 cm³/mol. The van der Waals surface area contributed by atoms with Crippen molar-refractivity contribution in [3.63, 3.8) is 0 Å². The molecule has 1 aromatic rings. The van der Waals surface area contributed by atoms with Gasteiger partial charge in [0.1, 0.15) is 5.75 Å². The van der Waals surface area contributed by atoms with Crippen LogP contribution in [-0.4, -0.2) is 23.7 Å². The van der Waals surface area contributed by atoms with Gasteiger partial charge in [0.15, 0.2) is 6.10 Å². The van der Waals surface area contributed by atoms with Gasteiger partial charge in [0.2, 0.25) is 0 Å². The average Bonchev–Trinajstić information content (AvgIpc) is 2.26. The summed E-state index contributed by atoms with van der Waals surface area (Å²) in [6, 6.07) is 6.58. The molecule has 0 aliphatic carbocycles. The molecule has 0 fully saturated rings. The number of benzene rings is 1. The molecule has 0 saturated carbocycles. The van der Waals surface area contributed by atoms with Crippen LogP contribution in [0.15, 0.2) is 24.3 Å². The molecule has 0 aliphatic rings. The summed E-state index contributed by atoms with van der Waals surface area (Å²) >= 11 is 5.71. The normalized spacial score (nSPS) is 12.1. The zero-order valence-corrected chi connectivity index (χ0v) is 9.48. The first kappa shape index (κ1) is 12.8. The molecular formula is C11H14ClNO3. The first-order valence-corrected chi connectivity index (χ1v) is 5.36. The third kappa shape index (κ3) is 4.08. The van der Waals surface area contributed by atoms with Gasteiger partial charge in [0.05, 0.1) is 0 Å². The summed E-state index contributed by atoms with van der Waals surface area (Å²) in [6.07, 6.45) is 0.156. The summed E-state index contributed by atoms with van der Waals surface area (Å²) < 4.78 is 5.32. The van der Waals surface area contributed by atoms with E-state index in [-0.39, 0.29) is 0 Å². The van der Waals surface area contributed by atoms with Gasteiger partial charge in [-0.25, -0.2) is 4.79 Å². The Kier molecular flexibility index (Phi) is 5.08. The molecule has 0 amide bonds. The molecule has 0 bridgehead atoms. The topological polar surface area (TPSA) is 72.5 Å².